The van der Waals surface area contributed by atoms with Crippen LogP contribution >= 0.6 is 0 Å². The van der Waals surface area contributed by atoms with E-state index in [0.29, 0.717) is 6.61 Å². The van der Waals surface area contributed by atoms with E-state index in [0.717, 1.165) is 5.01 Å². The molecule has 0 radical (unpaired) electrons. The van der Waals surface area contributed by atoms with Gasteiger partial charge in [0.15, 0.2) is 5.79 Å². The average Bonchev–Trinajstić information content (AvgIpc) is 2.42. The van der Waals surface area contributed by atoms with Gasteiger partial charge in [-0.3, -0.25) is 0 Å². The summed E-state index contributed by atoms with van der Waals surface area (Å²) >= 11 is 0. The van der Waals surface area contributed by atoms with Crippen LogP contribution in [0.3, 0.4) is 0 Å². The van der Waals surface area contributed by atoms with Crippen LogP contribution in [0, 0.1) is 0 Å². The smallest absolute Gasteiger partial charge is 0.424 e. The minimum absolute atomic E-state index is 0.220. The molecule has 6 heteroatoms. The predicted octanol–water partition coefficient (Wildman–Crippen LogP) is 1.25. The second-order valence-electron chi connectivity index (χ2n) is 5.58. The van der Waals surface area contributed by atoms with Gasteiger partial charge in [-0.1, -0.05) is 0 Å². The van der Waals surface area contributed by atoms with E-state index in [2.05, 4.69) is 0 Å². The van der Waals surface area contributed by atoms with Gasteiger partial charge in [0, 0.05) is 0 Å². The minimum Gasteiger partial charge on any atom is -0.443 e. The molecule has 1 heterocycles. The quantitative estimate of drug-likeness (QED) is 0.451. The van der Waals surface area contributed by atoms with Crippen molar-refractivity contribution in [3.63, 3.8) is 0 Å². The number of ether oxygens (including phenoxy) is 3. The van der Waals surface area contributed by atoms with E-state index >= 15 is 0 Å². The van der Waals surface area contributed by atoms with Crippen LogP contribution in [0.15, 0.2) is 0 Å². The standard InChI is InChI=1S/C11H22N2O4/c1-10(2,3)17-9(14)13(12)6-8-7-15-11(4,5)16-8/h8H,6-7,12H2,1-5H3/t8-/m0/s1. The summed E-state index contributed by atoms with van der Waals surface area (Å²) in [7, 11) is 0. The number of hydrogen-bond acceptors (Lipinski definition) is 5. The van der Waals surface area contributed by atoms with E-state index < -0.39 is 17.5 Å². The molecule has 0 aliphatic carbocycles. The molecule has 0 aromatic heterocycles. The summed E-state index contributed by atoms with van der Waals surface area (Å²) < 4.78 is 16.1. The van der Waals surface area contributed by atoms with Gasteiger partial charge in [0.2, 0.25) is 0 Å². The molecule has 1 aliphatic rings. The van der Waals surface area contributed by atoms with Gasteiger partial charge in [0.1, 0.15) is 11.7 Å². The number of hydrogen-bond donors (Lipinski definition) is 1. The van der Waals surface area contributed by atoms with Crippen LogP contribution in [0.1, 0.15) is 34.6 Å². The van der Waals surface area contributed by atoms with Crippen molar-refractivity contribution in [1.82, 2.24) is 5.01 Å². The van der Waals surface area contributed by atoms with Gasteiger partial charge in [0.05, 0.1) is 13.2 Å². The molecule has 0 bridgehead atoms. The number of amides is 1. The maximum absolute atomic E-state index is 11.6. The highest BCUT2D eigenvalue weighted by Gasteiger charge is 2.34. The van der Waals surface area contributed by atoms with E-state index in [4.69, 9.17) is 20.1 Å². The van der Waals surface area contributed by atoms with Gasteiger partial charge in [-0.2, -0.15) is 0 Å². The van der Waals surface area contributed by atoms with Crippen molar-refractivity contribution in [2.45, 2.75) is 52.1 Å². The maximum Gasteiger partial charge on any atom is 0.424 e. The van der Waals surface area contributed by atoms with E-state index in [-0.39, 0.29) is 12.6 Å². The number of carbonyl (C=O) groups excluding carboxylic acids is 1. The summed E-state index contributed by atoms with van der Waals surface area (Å²) in [6.07, 6.45) is -0.784. The molecule has 1 rings (SSSR count). The molecule has 1 amide bonds. The van der Waals surface area contributed by atoms with Crippen molar-refractivity contribution < 1.29 is 19.0 Å². The van der Waals surface area contributed by atoms with Crippen LogP contribution in [0.4, 0.5) is 4.79 Å². The van der Waals surface area contributed by atoms with Gasteiger partial charge >= 0.3 is 6.09 Å². The van der Waals surface area contributed by atoms with E-state index in [9.17, 15) is 4.79 Å². The first-order valence-corrected chi connectivity index (χ1v) is 5.66. The summed E-state index contributed by atoms with van der Waals surface area (Å²) in [6.45, 7) is 9.68. The summed E-state index contributed by atoms with van der Waals surface area (Å²) in [4.78, 5) is 11.6. The molecule has 1 aliphatic heterocycles. The molecular weight excluding hydrogens is 224 g/mol. The van der Waals surface area contributed by atoms with Crippen molar-refractivity contribution >= 4 is 6.09 Å². The number of nitrogens with two attached hydrogens (primary N) is 1. The first-order chi connectivity index (χ1) is 7.59. The molecule has 0 unspecified atom stereocenters. The van der Waals surface area contributed by atoms with Crippen LogP contribution in [-0.2, 0) is 14.2 Å². The fourth-order valence-electron chi connectivity index (χ4n) is 1.47. The molecule has 0 saturated carbocycles. The highest BCUT2D eigenvalue weighted by Crippen LogP contribution is 2.22. The highest BCUT2D eigenvalue weighted by molar-refractivity contribution is 5.67. The molecule has 0 aromatic rings. The Hall–Kier alpha value is -0.850. The second-order valence-corrected chi connectivity index (χ2v) is 5.58. The fourth-order valence-corrected chi connectivity index (χ4v) is 1.47. The molecule has 0 spiro atoms. The maximum atomic E-state index is 11.6. The summed E-state index contributed by atoms with van der Waals surface area (Å²) in [5.41, 5.74) is -0.555. The van der Waals surface area contributed by atoms with E-state index in [1.807, 2.05) is 13.8 Å². The Morgan fingerprint density at radius 2 is 2.12 bits per heavy atom. The third kappa shape index (κ3) is 4.89. The number of hydrazine groups is 1. The third-order valence-electron chi connectivity index (χ3n) is 2.10. The van der Waals surface area contributed by atoms with Gasteiger partial charge in [0.25, 0.3) is 0 Å². The Morgan fingerprint density at radius 1 is 1.53 bits per heavy atom. The van der Waals surface area contributed by atoms with Gasteiger partial charge in [-0.15, -0.1) is 0 Å². The third-order valence-corrected chi connectivity index (χ3v) is 2.10. The van der Waals surface area contributed by atoms with Gasteiger partial charge in [-0.05, 0) is 34.6 Å². The molecule has 17 heavy (non-hydrogen) atoms. The zero-order chi connectivity index (χ0) is 13.3. The Bertz CT molecular complexity index is 286. The van der Waals surface area contributed by atoms with E-state index in [1.165, 1.54) is 0 Å². The summed E-state index contributed by atoms with van der Waals surface area (Å²) in [5.74, 6) is 5.00. The lowest BCUT2D eigenvalue weighted by molar-refractivity contribution is -0.140. The van der Waals surface area contributed by atoms with Crippen molar-refractivity contribution in [2.24, 2.45) is 5.84 Å². The van der Waals surface area contributed by atoms with Crippen molar-refractivity contribution in [1.29, 1.82) is 0 Å². The lowest BCUT2D eigenvalue weighted by Crippen LogP contribution is -2.46. The molecule has 6 nitrogen and oxygen atoms in total. The highest BCUT2D eigenvalue weighted by atomic mass is 16.7. The zero-order valence-electron chi connectivity index (χ0n) is 11.1. The number of carbonyl (C=O) groups is 1. The minimum atomic E-state index is -0.612. The first-order valence-electron chi connectivity index (χ1n) is 5.66. The van der Waals surface area contributed by atoms with Crippen LogP contribution in [0.25, 0.3) is 0 Å². The fraction of sp³-hybridized carbons (Fsp3) is 0.909. The van der Waals surface area contributed by atoms with Crippen molar-refractivity contribution in [3.05, 3.63) is 0 Å². The van der Waals surface area contributed by atoms with Crippen LogP contribution in [0.2, 0.25) is 0 Å². The molecule has 1 atom stereocenters. The topological polar surface area (TPSA) is 74.0 Å². The second kappa shape index (κ2) is 4.80. The van der Waals surface area contributed by atoms with Crippen LogP contribution in [0.5, 0.6) is 0 Å². The van der Waals surface area contributed by atoms with Crippen molar-refractivity contribution in [3.8, 4) is 0 Å². The molecule has 1 saturated heterocycles. The van der Waals surface area contributed by atoms with Crippen molar-refractivity contribution in [2.75, 3.05) is 13.2 Å². The number of nitrogens with zero attached hydrogens (tertiary/aromatic N) is 1. The zero-order valence-corrected chi connectivity index (χ0v) is 11.1. The van der Waals surface area contributed by atoms with Gasteiger partial charge < -0.3 is 14.2 Å². The molecular formula is C11H22N2O4. The van der Waals surface area contributed by atoms with Crippen LogP contribution in [-0.4, -0.2) is 41.7 Å². The lowest BCUT2D eigenvalue weighted by atomic mass is 10.2. The summed E-state index contributed by atoms with van der Waals surface area (Å²) in [5, 5.41) is 1.01. The number of rotatable bonds is 2. The Kier molecular flexibility index (Phi) is 4.01. The Balaban J connectivity index is 2.40. The summed E-state index contributed by atoms with van der Waals surface area (Å²) in [6, 6.07) is 0. The molecule has 0 aromatic carbocycles. The first kappa shape index (κ1) is 14.2. The molecule has 100 valence electrons. The van der Waals surface area contributed by atoms with Gasteiger partial charge in [-0.25, -0.2) is 15.6 Å². The normalized spacial score (nSPS) is 23.5. The van der Waals surface area contributed by atoms with E-state index in [1.54, 1.807) is 20.8 Å². The Morgan fingerprint density at radius 3 is 2.53 bits per heavy atom. The van der Waals surface area contributed by atoms with Crippen LogP contribution < -0.4 is 5.84 Å². The largest absolute Gasteiger partial charge is 0.443 e. The predicted molar refractivity (Wildman–Crippen MR) is 62.0 cm³/mol. The lowest BCUT2D eigenvalue weighted by Gasteiger charge is -2.25. The Labute approximate surface area is 102 Å². The molecule has 2 N–H and O–H groups in total. The monoisotopic (exact) mass is 246 g/mol. The SMILES string of the molecule is CC(C)(C)OC(=O)N(N)C[C@H]1COC(C)(C)O1. The molecule has 1 fully saturated rings. The average molecular weight is 246 g/mol.